The van der Waals surface area contributed by atoms with E-state index in [1.165, 1.54) is 41.7 Å². The number of phenols is 1. The maximum Gasteiger partial charge on any atom is 0.331 e. The van der Waals surface area contributed by atoms with Crippen LogP contribution in [0.25, 0.3) is 10.9 Å². The SMILES string of the molecule is CC(C)C[C@H](NC(=O)[C@@H](COC(C)(C)C)NC(=O)[C@H](Cc1ccc(O)cc1)NC(=O)[C@H](COC(=O)CO)NC(=O)[C@H](Cc1c[nH]c2ccccc12)NC(=O)[C@H](Cc1cnc[nH]1)NC(=O)[C@@H]1CCC(=O)N1)C(=O)N[C@@H](CCCN=C(N)N)C(=O)N1CCC[C@H]1C(=O)NNC(N)=O. The van der Waals surface area contributed by atoms with E-state index in [2.05, 4.69) is 67.9 Å². The Kier molecular flexibility index (Phi) is 27.2. The number of carbonyl (C=O) groups excluding carboxylic acids is 12. The van der Waals surface area contributed by atoms with Crippen LogP contribution in [-0.2, 0) is 81.5 Å². The summed E-state index contributed by atoms with van der Waals surface area (Å²) in [6.45, 7) is 6.04. The highest BCUT2D eigenvalue weighted by atomic mass is 16.5. The molecule has 2 aromatic heterocycles. The number of aromatic hydroxyl groups is 1. The number of benzene rings is 2. The van der Waals surface area contributed by atoms with Gasteiger partial charge in [0, 0.05) is 67.8 Å². The van der Waals surface area contributed by atoms with Crippen molar-refractivity contribution >= 4 is 87.9 Å². The number of aliphatic hydroxyl groups is 1. The van der Waals surface area contributed by atoms with Crippen molar-refractivity contribution in [3.8, 4) is 5.75 Å². The monoisotopic (exact) mass is 1330 g/mol. The number of rotatable bonds is 33. The predicted octanol–water partition coefficient (Wildman–Crippen LogP) is -3.56. The van der Waals surface area contributed by atoms with Crippen molar-refractivity contribution in [2.45, 2.75) is 159 Å². The van der Waals surface area contributed by atoms with Crippen molar-refractivity contribution < 1.29 is 77.2 Å². The van der Waals surface area contributed by atoms with Gasteiger partial charge in [-0.1, -0.05) is 44.2 Å². The first kappa shape index (κ1) is 73.7. The van der Waals surface area contributed by atoms with Crippen LogP contribution in [0.15, 0.2) is 72.2 Å². The predicted molar refractivity (Wildman–Crippen MR) is 339 cm³/mol. The number of urea groups is 1. The lowest BCUT2D eigenvalue weighted by Crippen LogP contribution is -2.62. The van der Waals surface area contributed by atoms with Crippen LogP contribution in [-0.4, -0.2) is 200 Å². The number of aliphatic imine (C=N–C) groups is 1. The molecular weight excluding hydrogens is 1240 g/mol. The van der Waals surface area contributed by atoms with Crippen molar-refractivity contribution in [1.29, 1.82) is 0 Å². The lowest BCUT2D eigenvalue weighted by molar-refractivity contribution is -0.149. The number of nitrogens with two attached hydrogens (primary N) is 3. The molecule has 2 aromatic carbocycles. The summed E-state index contributed by atoms with van der Waals surface area (Å²) in [5.41, 5.74) is 21.4. The Morgan fingerprint density at radius 2 is 1.32 bits per heavy atom. The van der Waals surface area contributed by atoms with E-state index in [-0.39, 0.29) is 94.4 Å². The Morgan fingerprint density at radius 3 is 1.92 bits per heavy atom. The molecule has 0 bridgehead atoms. The average molecular weight is 1330 g/mol. The van der Waals surface area contributed by atoms with E-state index in [1.807, 2.05) is 5.43 Å². The first-order chi connectivity index (χ1) is 45.1. The number of hydrazine groups is 1. The lowest BCUT2D eigenvalue weighted by atomic mass is 10.0. The molecule has 6 rings (SSSR count). The van der Waals surface area contributed by atoms with Crippen LogP contribution < -0.4 is 70.6 Å². The van der Waals surface area contributed by atoms with Gasteiger partial charge < -0.3 is 94.3 Å². The highest BCUT2D eigenvalue weighted by Crippen LogP contribution is 2.22. The molecule has 516 valence electrons. The fourth-order valence-corrected chi connectivity index (χ4v) is 10.4. The molecule has 12 amide bonds. The molecular formula is C61H86N18O16. The Bertz CT molecular complexity index is 3390. The number of para-hydroxylation sites is 1. The number of imidazole rings is 1. The second-order valence-corrected chi connectivity index (χ2v) is 24.3. The molecule has 2 aliphatic rings. The number of hydrogen-bond acceptors (Lipinski definition) is 18. The summed E-state index contributed by atoms with van der Waals surface area (Å²) in [5, 5.41) is 41.6. The summed E-state index contributed by atoms with van der Waals surface area (Å²) >= 11 is 0. The van der Waals surface area contributed by atoms with Gasteiger partial charge in [-0.2, -0.15) is 0 Å². The molecule has 9 atom stereocenters. The maximum absolute atomic E-state index is 14.9. The van der Waals surface area contributed by atoms with E-state index < -0.39 is 145 Å². The average Bonchev–Trinajstić information content (AvgIpc) is 1.79. The van der Waals surface area contributed by atoms with Gasteiger partial charge in [0.2, 0.25) is 53.2 Å². The molecule has 0 spiro atoms. The number of esters is 1. The minimum Gasteiger partial charge on any atom is -0.508 e. The van der Waals surface area contributed by atoms with Crippen LogP contribution in [0, 0.1) is 5.92 Å². The first-order valence-corrected chi connectivity index (χ1v) is 30.9. The second-order valence-electron chi connectivity index (χ2n) is 24.3. The molecule has 4 heterocycles. The normalized spacial score (nSPS) is 16.7. The van der Waals surface area contributed by atoms with Crippen LogP contribution in [0.4, 0.5) is 4.79 Å². The third kappa shape index (κ3) is 23.3. The number of phenolic OH excluding ortho intramolecular Hbond substituents is 1. The summed E-state index contributed by atoms with van der Waals surface area (Å²) < 4.78 is 11.2. The van der Waals surface area contributed by atoms with Gasteiger partial charge in [-0.05, 0) is 94.5 Å². The number of aliphatic hydroxyl groups excluding tert-OH is 1. The van der Waals surface area contributed by atoms with E-state index in [0.29, 0.717) is 34.1 Å². The Hall–Kier alpha value is -10.4. The summed E-state index contributed by atoms with van der Waals surface area (Å²) in [4.78, 5) is 181. The van der Waals surface area contributed by atoms with Gasteiger partial charge in [0.05, 0.1) is 18.5 Å². The van der Waals surface area contributed by atoms with Crippen molar-refractivity contribution in [1.82, 2.24) is 73.2 Å². The molecule has 0 saturated carbocycles. The third-order valence-corrected chi connectivity index (χ3v) is 15.2. The van der Waals surface area contributed by atoms with Gasteiger partial charge in [0.1, 0.15) is 73.3 Å². The van der Waals surface area contributed by atoms with Gasteiger partial charge in [0.25, 0.3) is 5.91 Å². The molecule has 34 nitrogen and oxygen atoms in total. The number of fused-ring (bicyclic) bond motifs is 1. The van der Waals surface area contributed by atoms with Crippen molar-refractivity contribution in [2.24, 2.45) is 28.1 Å². The van der Waals surface area contributed by atoms with Crippen molar-refractivity contribution in [2.75, 3.05) is 32.9 Å². The van der Waals surface area contributed by atoms with Crippen LogP contribution >= 0.6 is 0 Å². The fraction of sp³-hybridized carbons (Fsp3) is 0.508. The van der Waals surface area contributed by atoms with Gasteiger partial charge in [-0.15, -0.1) is 0 Å². The van der Waals surface area contributed by atoms with Crippen molar-refractivity contribution in [3.05, 3.63) is 84.1 Å². The number of likely N-dealkylation sites (tertiary alicyclic amines) is 1. The summed E-state index contributed by atoms with van der Waals surface area (Å²) in [5.74, 6) is -10.3. The molecule has 4 aromatic rings. The van der Waals surface area contributed by atoms with E-state index >= 15 is 0 Å². The van der Waals surface area contributed by atoms with Crippen LogP contribution in [0.1, 0.15) is 96.4 Å². The summed E-state index contributed by atoms with van der Waals surface area (Å²) in [6.07, 6.45) is 4.52. The molecule has 2 aliphatic heterocycles. The molecule has 34 heteroatoms. The topological polar surface area (TPSA) is 522 Å². The zero-order valence-electron chi connectivity index (χ0n) is 53.4. The number of nitrogens with zero attached hydrogens (tertiary/aromatic N) is 3. The van der Waals surface area contributed by atoms with Crippen LogP contribution in [0.3, 0.4) is 0 Å². The number of nitrogens with one attached hydrogen (secondary N) is 12. The fourth-order valence-electron chi connectivity index (χ4n) is 10.4. The number of carbonyl (C=O) groups is 12. The van der Waals surface area contributed by atoms with Crippen LogP contribution in [0.2, 0.25) is 0 Å². The number of aromatic amines is 2. The molecule has 2 fully saturated rings. The Balaban J connectivity index is 1.29. The number of hydrogen-bond donors (Lipinski definition) is 17. The minimum absolute atomic E-state index is 0.0235. The van der Waals surface area contributed by atoms with Gasteiger partial charge in [-0.3, -0.25) is 58.4 Å². The highest BCUT2D eigenvalue weighted by Gasteiger charge is 2.41. The number of aromatic nitrogens is 3. The maximum atomic E-state index is 14.9. The number of guanidine groups is 1. The van der Waals surface area contributed by atoms with Gasteiger partial charge >= 0.3 is 12.0 Å². The first-order valence-electron chi connectivity index (χ1n) is 30.9. The lowest BCUT2D eigenvalue weighted by Gasteiger charge is -2.31. The molecule has 2 saturated heterocycles. The van der Waals surface area contributed by atoms with E-state index in [9.17, 15) is 67.7 Å². The van der Waals surface area contributed by atoms with E-state index in [1.54, 1.807) is 65.1 Å². The Labute approximate surface area is 546 Å². The molecule has 0 aliphatic carbocycles. The van der Waals surface area contributed by atoms with Crippen molar-refractivity contribution in [3.63, 3.8) is 0 Å². The largest absolute Gasteiger partial charge is 0.508 e. The Morgan fingerprint density at radius 1 is 0.716 bits per heavy atom. The summed E-state index contributed by atoms with van der Waals surface area (Å²) in [6, 6.07) is -1.44. The number of primary amides is 1. The number of H-pyrrole nitrogens is 2. The van der Waals surface area contributed by atoms with E-state index in [0.717, 1.165) is 0 Å². The zero-order chi connectivity index (χ0) is 69.5. The smallest absolute Gasteiger partial charge is 0.331 e. The molecule has 95 heavy (non-hydrogen) atoms. The standard InChI is InChI=1S/C61H86N18O16/c1-32(2)22-41(51(85)70-40(12-8-20-66-59(62)63)58(92)79-21-9-13-47(79)57(91)77-78-60(64)93)71-56(90)46(30-95-61(3,4)5)76-52(86)42(23-33-14-16-36(81)17-15-33)72-55(89)45(29-94-49(83)28-80)75-53(87)43(24-34-26-67-38-11-7-6-10-37(34)38)73-54(88)44(25-35-27-65-31-68-35)74-50(84)39-18-19-48(82)69-39/h6-7,10-11,14-17,26-27,31-32,39-47,67,80-81H,8-9,12-13,18-25,28-30H2,1-5H3,(H,65,68)(H,69,82)(H,70,85)(H,71,90)(H,72,89)(H,73,88)(H,74,84)(H,75,87)(H,76,86)(H,77,91)(H4,62,63,66)(H3,64,78,93)/t39-,40-,41-,42-,43-,44-,45-,46+,47-/m0/s1. The third-order valence-electron chi connectivity index (χ3n) is 15.2. The molecule has 20 N–H and O–H groups in total. The quantitative estimate of drug-likeness (QED) is 0.00721. The van der Waals surface area contributed by atoms with Gasteiger partial charge in [0.15, 0.2) is 5.96 Å². The summed E-state index contributed by atoms with van der Waals surface area (Å²) in [7, 11) is 0. The number of ether oxygens (including phenoxy) is 2. The molecule has 0 radical (unpaired) electrons. The van der Waals surface area contributed by atoms with Crippen LogP contribution in [0.5, 0.6) is 5.75 Å². The highest BCUT2D eigenvalue weighted by molar-refractivity contribution is 6.00. The minimum atomic E-state index is -1.91. The number of amides is 12. The second kappa shape index (κ2) is 35.0. The zero-order valence-corrected chi connectivity index (χ0v) is 53.4. The van der Waals surface area contributed by atoms with E-state index in [4.69, 9.17) is 26.7 Å². The van der Waals surface area contributed by atoms with Gasteiger partial charge in [-0.25, -0.2) is 20.0 Å². The molecule has 0 unspecified atom stereocenters.